The van der Waals surface area contributed by atoms with E-state index in [0.717, 1.165) is 12.8 Å². The summed E-state index contributed by atoms with van der Waals surface area (Å²) in [6.45, 7) is 0.706. The zero-order chi connectivity index (χ0) is 12.9. The third kappa shape index (κ3) is 1.80. The molecule has 6 heteroatoms. The molecule has 1 N–H and O–H groups in total. The summed E-state index contributed by atoms with van der Waals surface area (Å²) in [5, 5.41) is 3.05. The average molecular weight is 251 g/mol. The van der Waals surface area contributed by atoms with Crippen LogP contribution in [-0.4, -0.2) is 59.2 Å². The van der Waals surface area contributed by atoms with Crippen molar-refractivity contribution >= 4 is 17.7 Å². The van der Waals surface area contributed by atoms with Crippen LogP contribution < -0.4 is 5.32 Å². The van der Waals surface area contributed by atoms with Crippen LogP contribution in [0.25, 0.3) is 0 Å². The van der Waals surface area contributed by atoms with Gasteiger partial charge in [-0.3, -0.25) is 24.6 Å². The zero-order valence-corrected chi connectivity index (χ0v) is 10.4. The van der Waals surface area contributed by atoms with Gasteiger partial charge in [-0.15, -0.1) is 0 Å². The summed E-state index contributed by atoms with van der Waals surface area (Å²) in [5.74, 6) is -0.233. The lowest BCUT2D eigenvalue weighted by Crippen LogP contribution is -2.47. The molecule has 2 aliphatic heterocycles. The Balaban J connectivity index is 1.65. The summed E-state index contributed by atoms with van der Waals surface area (Å²) < 4.78 is 0. The largest absolute Gasteiger partial charge is 0.344 e. The molecule has 1 saturated carbocycles. The molecule has 0 bridgehead atoms. The van der Waals surface area contributed by atoms with E-state index in [2.05, 4.69) is 5.32 Å². The minimum absolute atomic E-state index is 0.0140. The molecule has 2 saturated heterocycles. The molecular formula is C12H17N3O3. The van der Waals surface area contributed by atoms with Gasteiger partial charge in [-0.2, -0.15) is 0 Å². The van der Waals surface area contributed by atoms with Crippen LogP contribution in [0.3, 0.4) is 0 Å². The molecule has 0 radical (unpaired) electrons. The fourth-order valence-corrected chi connectivity index (χ4v) is 2.72. The Hall–Kier alpha value is -1.43. The van der Waals surface area contributed by atoms with Gasteiger partial charge < -0.3 is 4.90 Å². The van der Waals surface area contributed by atoms with Crippen LogP contribution in [0.2, 0.25) is 0 Å². The minimum Gasteiger partial charge on any atom is -0.344 e. The van der Waals surface area contributed by atoms with Crippen molar-refractivity contribution in [1.82, 2.24) is 15.1 Å². The number of likely N-dealkylation sites (tertiary alicyclic amines) is 2. The molecule has 3 aliphatic rings. The average Bonchev–Trinajstić information content (AvgIpc) is 3.06. The number of carbonyl (C=O) groups is 3. The van der Waals surface area contributed by atoms with Crippen LogP contribution in [0.4, 0.5) is 0 Å². The van der Waals surface area contributed by atoms with Crippen molar-refractivity contribution in [2.75, 3.05) is 13.6 Å². The second-order valence-corrected chi connectivity index (χ2v) is 5.36. The van der Waals surface area contributed by atoms with Gasteiger partial charge in [0.25, 0.3) is 0 Å². The van der Waals surface area contributed by atoms with Gasteiger partial charge in [0.05, 0.1) is 18.5 Å². The van der Waals surface area contributed by atoms with Gasteiger partial charge in [0.15, 0.2) is 0 Å². The first-order valence-electron chi connectivity index (χ1n) is 6.45. The monoisotopic (exact) mass is 251 g/mol. The van der Waals surface area contributed by atoms with E-state index in [1.165, 1.54) is 4.90 Å². The van der Waals surface area contributed by atoms with E-state index in [1.54, 1.807) is 11.9 Å². The Kier molecular flexibility index (Phi) is 2.62. The van der Waals surface area contributed by atoms with E-state index in [-0.39, 0.29) is 36.2 Å². The van der Waals surface area contributed by atoms with Gasteiger partial charge in [-0.25, -0.2) is 0 Å². The zero-order valence-electron chi connectivity index (χ0n) is 10.4. The predicted octanol–water partition coefficient (Wildman–Crippen LogP) is -0.903. The van der Waals surface area contributed by atoms with Crippen LogP contribution in [0.5, 0.6) is 0 Å². The van der Waals surface area contributed by atoms with Crippen LogP contribution >= 0.6 is 0 Å². The fourth-order valence-electron chi connectivity index (χ4n) is 2.72. The maximum Gasteiger partial charge on any atom is 0.247 e. The van der Waals surface area contributed by atoms with Gasteiger partial charge in [0, 0.05) is 19.6 Å². The van der Waals surface area contributed by atoms with Crippen molar-refractivity contribution in [3.05, 3.63) is 0 Å². The number of nitrogens with one attached hydrogen (secondary N) is 1. The first-order valence-corrected chi connectivity index (χ1v) is 6.45. The quantitative estimate of drug-likeness (QED) is 0.660. The predicted molar refractivity (Wildman–Crippen MR) is 62.5 cm³/mol. The molecule has 3 amide bonds. The second kappa shape index (κ2) is 4.05. The highest BCUT2D eigenvalue weighted by molar-refractivity contribution is 6.06. The molecule has 1 aliphatic carbocycles. The maximum absolute atomic E-state index is 12.1. The molecule has 2 heterocycles. The Bertz CT molecular complexity index is 419. The molecule has 0 aromatic heterocycles. The number of nitrogens with zero attached hydrogens (tertiary/aromatic N) is 2. The highest BCUT2D eigenvalue weighted by Gasteiger charge is 2.47. The highest BCUT2D eigenvalue weighted by Crippen LogP contribution is 2.31. The summed E-state index contributed by atoms with van der Waals surface area (Å²) in [6.07, 6.45) is 2.75. The molecule has 18 heavy (non-hydrogen) atoms. The van der Waals surface area contributed by atoms with Crippen molar-refractivity contribution in [3.63, 3.8) is 0 Å². The fraction of sp³-hybridized carbons (Fsp3) is 0.750. The van der Waals surface area contributed by atoms with Gasteiger partial charge in [0.2, 0.25) is 17.7 Å². The van der Waals surface area contributed by atoms with Crippen molar-refractivity contribution in [2.24, 2.45) is 0 Å². The lowest BCUT2D eigenvalue weighted by Gasteiger charge is -2.17. The van der Waals surface area contributed by atoms with E-state index in [0.29, 0.717) is 13.0 Å². The first-order chi connectivity index (χ1) is 8.58. The van der Waals surface area contributed by atoms with Crippen molar-refractivity contribution < 1.29 is 14.4 Å². The Morgan fingerprint density at radius 2 is 1.78 bits per heavy atom. The third-order valence-corrected chi connectivity index (χ3v) is 3.92. The lowest BCUT2D eigenvalue weighted by atomic mass is 10.2. The molecule has 2 atom stereocenters. The highest BCUT2D eigenvalue weighted by atomic mass is 16.2. The summed E-state index contributed by atoms with van der Waals surface area (Å²) in [6, 6.07) is -0.687. The topological polar surface area (TPSA) is 69.7 Å². The SMILES string of the molecule is CN1CCC(NC2CC(=O)N(C3CC3)C2=O)C1=O. The summed E-state index contributed by atoms with van der Waals surface area (Å²) >= 11 is 0. The van der Waals surface area contributed by atoms with E-state index in [1.807, 2.05) is 0 Å². The number of carbonyl (C=O) groups excluding carboxylic acids is 3. The van der Waals surface area contributed by atoms with Crippen LogP contribution in [-0.2, 0) is 14.4 Å². The van der Waals surface area contributed by atoms with Crippen LogP contribution in [0, 0.1) is 0 Å². The number of amides is 3. The maximum atomic E-state index is 12.1. The lowest BCUT2D eigenvalue weighted by molar-refractivity contribution is -0.139. The van der Waals surface area contributed by atoms with Gasteiger partial charge >= 0.3 is 0 Å². The van der Waals surface area contributed by atoms with Gasteiger partial charge in [-0.1, -0.05) is 0 Å². The number of imide groups is 1. The van der Waals surface area contributed by atoms with E-state index >= 15 is 0 Å². The molecule has 0 aromatic rings. The minimum atomic E-state index is -0.501. The van der Waals surface area contributed by atoms with Crippen LogP contribution in [0.1, 0.15) is 25.7 Å². The summed E-state index contributed by atoms with van der Waals surface area (Å²) in [4.78, 5) is 38.7. The number of hydrogen-bond acceptors (Lipinski definition) is 4. The van der Waals surface area contributed by atoms with Crippen LogP contribution in [0.15, 0.2) is 0 Å². The molecule has 98 valence electrons. The number of hydrogen-bond donors (Lipinski definition) is 1. The van der Waals surface area contributed by atoms with Gasteiger partial charge in [0.1, 0.15) is 0 Å². The molecule has 0 aromatic carbocycles. The van der Waals surface area contributed by atoms with Crippen molar-refractivity contribution in [3.8, 4) is 0 Å². The standard InChI is InChI=1S/C12H17N3O3/c1-14-5-4-8(11(14)17)13-9-6-10(16)15(12(9)18)7-2-3-7/h7-9,13H,2-6H2,1H3. The van der Waals surface area contributed by atoms with E-state index < -0.39 is 6.04 Å². The molecule has 0 spiro atoms. The Morgan fingerprint density at radius 1 is 1.06 bits per heavy atom. The smallest absolute Gasteiger partial charge is 0.247 e. The normalized spacial score (nSPS) is 32.8. The van der Waals surface area contributed by atoms with E-state index in [9.17, 15) is 14.4 Å². The second-order valence-electron chi connectivity index (χ2n) is 5.36. The van der Waals surface area contributed by atoms with Gasteiger partial charge in [-0.05, 0) is 19.3 Å². The molecule has 3 fully saturated rings. The molecule has 2 unspecified atom stereocenters. The number of likely N-dealkylation sites (N-methyl/N-ethyl adjacent to an activating group) is 1. The molecular weight excluding hydrogens is 234 g/mol. The van der Waals surface area contributed by atoms with Crippen molar-refractivity contribution in [1.29, 1.82) is 0 Å². The van der Waals surface area contributed by atoms with E-state index in [4.69, 9.17) is 0 Å². The number of rotatable bonds is 3. The molecule has 6 nitrogen and oxygen atoms in total. The third-order valence-electron chi connectivity index (χ3n) is 3.92. The summed E-state index contributed by atoms with van der Waals surface area (Å²) in [5.41, 5.74) is 0. The first kappa shape index (κ1) is 11.6. The molecule has 3 rings (SSSR count). The summed E-state index contributed by atoms with van der Waals surface area (Å²) in [7, 11) is 1.75. The van der Waals surface area contributed by atoms with Crippen molar-refractivity contribution in [2.45, 2.75) is 43.8 Å². The Labute approximate surface area is 105 Å². The Morgan fingerprint density at radius 3 is 2.33 bits per heavy atom.